The van der Waals surface area contributed by atoms with E-state index in [1.54, 1.807) is 43.8 Å². The van der Waals surface area contributed by atoms with Gasteiger partial charge in [0.1, 0.15) is 11.3 Å². The van der Waals surface area contributed by atoms with Crippen LogP contribution in [0.4, 0.5) is 5.69 Å². The number of anilines is 1. The Morgan fingerprint density at radius 1 is 1.10 bits per heavy atom. The third-order valence-corrected chi connectivity index (χ3v) is 3.38. The highest BCUT2D eigenvalue weighted by atomic mass is 79.9. The van der Waals surface area contributed by atoms with Crippen molar-refractivity contribution in [3.8, 4) is 17.2 Å². The van der Waals surface area contributed by atoms with Gasteiger partial charge in [-0.25, -0.2) is 4.98 Å². The fourth-order valence-corrected chi connectivity index (χ4v) is 2.23. The van der Waals surface area contributed by atoms with Gasteiger partial charge in [-0.1, -0.05) is 0 Å². The highest BCUT2D eigenvalue weighted by Crippen LogP contribution is 2.33. The van der Waals surface area contributed by atoms with Gasteiger partial charge in [0.05, 0.1) is 18.3 Å². The number of hydrogen-bond donors (Lipinski definition) is 1. The third kappa shape index (κ3) is 2.75. The number of nitrogens with two attached hydrogens (primary N) is 1. The SMILES string of the molecule is COc1ccc(N)c(Oc2ccnc3cc(Br)cnc23)c1. The molecular weight excluding hydrogens is 334 g/mol. The molecule has 0 spiro atoms. The van der Waals surface area contributed by atoms with Crippen molar-refractivity contribution in [1.82, 2.24) is 9.97 Å². The van der Waals surface area contributed by atoms with Crippen LogP contribution in [0.5, 0.6) is 17.2 Å². The Balaban J connectivity index is 2.06. The molecule has 0 saturated heterocycles. The molecule has 0 atom stereocenters. The first kappa shape index (κ1) is 13.6. The molecule has 0 aliphatic carbocycles. The number of aromatic nitrogens is 2. The van der Waals surface area contributed by atoms with Crippen molar-refractivity contribution in [2.45, 2.75) is 0 Å². The van der Waals surface area contributed by atoms with Crippen LogP contribution in [0.15, 0.2) is 47.2 Å². The minimum absolute atomic E-state index is 0.520. The minimum atomic E-state index is 0.520. The van der Waals surface area contributed by atoms with Crippen molar-refractivity contribution < 1.29 is 9.47 Å². The minimum Gasteiger partial charge on any atom is -0.497 e. The molecule has 3 rings (SSSR count). The monoisotopic (exact) mass is 345 g/mol. The largest absolute Gasteiger partial charge is 0.497 e. The van der Waals surface area contributed by atoms with E-state index in [2.05, 4.69) is 25.9 Å². The number of benzene rings is 1. The molecule has 0 saturated carbocycles. The summed E-state index contributed by atoms with van der Waals surface area (Å²) in [5.41, 5.74) is 7.87. The van der Waals surface area contributed by atoms with Crippen LogP contribution in [0.3, 0.4) is 0 Å². The number of rotatable bonds is 3. The van der Waals surface area contributed by atoms with Crippen molar-refractivity contribution in [1.29, 1.82) is 0 Å². The van der Waals surface area contributed by atoms with E-state index in [1.165, 1.54) is 0 Å². The number of hydrogen-bond acceptors (Lipinski definition) is 5. The number of methoxy groups -OCH3 is 1. The van der Waals surface area contributed by atoms with Crippen LogP contribution < -0.4 is 15.2 Å². The number of halogens is 1. The van der Waals surface area contributed by atoms with Crippen molar-refractivity contribution in [3.05, 3.63) is 47.2 Å². The first-order chi connectivity index (χ1) is 10.2. The van der Waals surface area contributed by atoms with Gasteiger partial charge in [-0.2, -0.15) is 0 Å². The molecule has 1 aromatic carbocycles. The zero-order valence-electron chi connectivity index (χ0n) is 11.2. The first-order valence-electron chi connectivity index (χ1n) is 6.19. The number of fused-ring (bicyclic) bond motifs is 1. The maximum absolute atomic E-state index is 5.94. The van der Waals surface area contributed by atoms with Gasteiger partial charge >= 0.3 is 0 Å². The molecule has 5 nitrogen and oxygen atoms in total. The summed E-state index contributed by atoms with van der Waals surface area (Å²) in [5, 5.41) is 0. The van der Waals surface area contributed by atoms with Gasteiger partial charge in [-0.15, -0.1) is 0 Å². The first-order valence-corrected chi connectivity index (χ1v) is 6.98. The Morgan fingerprint density at radius 3 is 2.76 bits per heavy atom. The van der Waals surface area contributed by atoms with Gasteiger partial charge in [0.2, 0.25) is 0 Å². The molecule has 2 N–H and O–H groups in total. The lowest BCUT2D eigenvalue weighted by Crippen LogP contribution is -1.95. The summed E-state index contributed by atoms with van der Waals surface area (Å²) in [6.07, 6.45) is 3.37. The van der Waals surface area contributed by atoms with Gasteiger partial charge in [-0.05, 0) is 34.1 Å². The van der Waals surface area contributed by atoms with Crippen LogP contribution in [0.2, 0.25) is 0 Å². The van der Waals surface area contributed by atoms with Crippen LogP contribution in [0, 0.1) is 0 Å². The van der Waals surface area contributed by atoms with E-state index in [0.29, 0.717) is 28.5 Å². The molecule has 2 heterocycles. The molecule has 106 valence electrons. The lowest BCUT2D eigenvalue weighted by atomic mass is 10.2. The molecule has 0 unspecified atom stereocenters. The van der Waals surface area contributed by atoms with Crippen molar-refractivity contribution >= 4 is 32.7 Å². The number of ether oxygens (including phenoxy) is 2. The van der Waals surface area contributed by atoms with Gasteiger partial charge < -0.3 is 15.2 Å². The lowest BCUT2D eigenvalue weighted by molar-refractivity contribution is 0.409. The average Bonchev–Trinajstić information content (AvgIpc) is 2.49. The van der Waals surface area contributed by atoms with E-state index in [4.69, 9.17) is 15.2 Å². The van der Waals surface area contributed by atoms with Gasteiger partial charge in [0.15, 0.2) is 11.5 Å². The normalized spacial score (nSPS) is 10.6. The van der Waals surface area contributed by atoms with E-state index in [9.17, 15) is 0 Å². The fraction of sp³-hybridized carbons (Fsp3) is 0.0667. The standard InChI is InChI=1S/C15H12BrN3O2/c1-20-10-2-3-11(17)14(7-10)21-13-4-5-18-12-6-9(16)8-19-15(12)13/h2-8H,17H2,1H3. The van der Waals surface area contributed by atoms with E-state index in [1.807, 2.05) is 6.07 Å². The van der Waals surface area contributed by atoms with E-state index < -0.39 is 0 Å². The summed E-state index contributed by atoms with van der Waals surface area (Å²) in [6.45, 7) is 0. The Bertz CT molecular complexity index is 808. The zero-order valence-corrected chi connectivity index (χ0v) is 12.8. The lowest BCUT2D eigenvalue weighted by Gasteiger charge is -2.11. The molecule has 0 radical (unpaired) electrons. The summed E-state index contributed by atoms with van der Waals surface area (Å²) in [7, 11) is 1.59. The van der Waals surface area contributed by atoms with Gasteiger partial charge in [0.25, 0.3) is 0 Å². The van der Waals surface area contributed by atoms with E-state index >= 15 is 0 Å². The Labute approximate surface area is 129 Å². The molecule has 3 aromatic rings. The smallest absolute Gasteiger partial charge is 0.156 e. The molecule has 2 aromatic heterocycles. The van der Waals surface area contributed by atoms with Crippen LogP contribution in [0.25, 0.3) is 11.0 Å². The third-order valence-electron chi connectivity index (χ3n) is 2.95. The van der Waals surface area contributed by atoms with Crippen LogP contribution >= 0.6 is 15.9 Å². The van der Waals surface area contributed by atoms with Crippen LogP contribution in [-0.2, 0) is 0 Å². The van der Waals surface area contributed by atoms with E-state index in [-0.39, 0.29) is 0 Å². The Morgan fingerprint density at radius 2 is 1.95 bits per heavy atom. The predicted octanol–water partition coefficient (Wildman–Crippen LogP) is 3.78. The molecule has 0 bridgehead atoms. The second-order valence-electron chi connectivity index (χ2n) is 4.34. The van der Waals surface area contributed by atoms with Crippen LogP contribution in [-0.4, -0.2) is 17.1 Å². The van der Waals surface area contributed by atoms with Gasteiger partial charge in [0, 0.05) is 29.0 Å². The second kappa shape index (κ2) is 5.57. The highest BCUT2D eigenvalue weighted by Gasteiger charge is 2.09. The molecule has 6 heteroatoms. The number of nitrogens with zero attached hydrogens (tertiary/aromatic N) is 2. The summed E-state index contributed by atoms with van der Waals surface area (Å²) in [4.78, 5) is 8.61. The molecule has 0 aliphatic rings. The second-order valence-corrected chi connectivity index (χ2v) is 5.25. The Hall–Kier alpha value is -2.34. The number of nitrogen functional groups attached to an aromatic ring is 1. The number of pyridine rings is 2. The van der Waals surface area contributed by atoms with Crippen molar-refractivity contribution in [2.75, 3.05) is 12.8 Å². The van der Waals surface area contributed by atoms with Gasteiger partial charge in [-0.3, -0.25) is 4.98 Å². The van der Waals surface area contributed by atoms with Crippen molar-refractivity contribution in [3.63, 3.8) is 0 Å². The molecular formula is C15H12BrN3O2. The maximum atomic E-state index is 5.94. The molecule has 0 aliphatic heterocycles. The quantitative estimate of drug-likeness (QED) is 0.731. The maximum Gasteiger partial charge on any atom is 0.156 e. The summed E-state index contributed by atoms with van der Waals surface area (Å²) >= 11 is 3.37. The summed E-state index contributed by atoms with van der Waals surface area (Å²) in [5.74, 6) is 1.78. The molecule has 21 heavy (non-hydrogen) atoms. The van der Waals surface area contributed by atoms with Crippen LogP contribution in [0.1, 0.15) is 0 Å². The average molecular weight is 346 g/mol. The zero-order chi connectivity index (χ0) is 14.8. The van der Waals surface area contributed by atoms with E-state index in [0.717, 1.165) is 9.99 Å². The molecule has 0 fully saturated rings. The topological polar surface area (TPSA) is 70.3 Å². The summed E-state index contributed by atoms with van der Waals surface area (Å²) < 4.78 is 11.9. The Kier molecular flexibility index (Phi) is 3.62. The fourth-order valence-electron chi connectivity index (χ4n) is 1.91. The summed E-state index contributed by atoms with van der Waals surface area (Å²) in [6, 6.07) is 8.89. The molecule has 0 amide bonds. The highest BCUT2D eigenvalue weighted by molar-refractivity contribution is 9.10. The predicted molar refractivity (Wildman–Crippen MR) is 84.7 cm³/mol. The van der Waals surface area contributed by atoms with Crippen molar-refractivity contribution in [2.24, 2.45) is 0 Å².